The summed E-state index contributed by atoms with van der Waals surface area (Å²) in [7, 11) is 0. The van der Waals surface area contributed by atoms with E-state index in [0.717, 1.165) is 6.07 Å². The van der Waals surface area contributed by atoms with Gasteiger partial charge < -0.3 is 15.4 Å². The average molecular weight is 339 g/mol. The number of alkyl halides is 3. The van der Waals surface area contributed by atoms with Gasteiger partial charge in [0.1, 0.15) is 0 Å². The first-order valence-corrected chi connectivity index (χ1v) is 6.21. The second kappa shape index (κ2) is 5.38. The lowest BCUT2D eigenvalue weighted by molar-refractivity contribution is -0.274. The van der Waals surface area contributed by atoms with Gasteiger partial charge in [-0.25, -0.2) is 0 Å². The number of amides is 1. The molecule has 0 unspecified atom stereocenters. The Labute approximate surface area is 115 Å². The topological polar surface area (TPSA) is 50.4 Å². The number of rotatable bonds is 3. The molecule has 4 nitrogen and oxygen atoms in total. The highest BCUT2D eigenvalue weighted by atomic mass is 79.9. The summed E-state index contributed by atoms with van der Waals surface area (Å²) in [5, 5.41) is 5.35. The number of hydrogen-bond acceptors (Lipinski definition) is 3. The normalized spacial score (nSPS) is 15.8. The lowest BCUT2D eigenvalue weighted by atomic mass is 10.0. The van der Waals surface area contributed by atoms with Crippen molar-refractivity contribution in [3.8, 4) is 5.75 Å². The van der Waals surface area contributed by atoms with Crippen molar-refractivity contribution in [2.24, 2.45) is 5.92 Å². The van der Waals surface area contributed by atoms with Gasteiger partial charge in [0.15, 0.2) is 5.75 Å². The van der Waals surface area contributed by atoms with Crippen LogP contribution in [0.15, 0.2) is 22.7 Å². The molecule has 1 aliphatic rings. The van der Waals surface area contributed by atoms with Gasteiger partial charge >= 0.3 is 6.36 Å². The Hall–Kier alpha value is -1.28. The highest BCUT2D eigenvalue weighted by Crippen LogP contribution is 2.33. The number of nitrogens with one attached hydrogen (secondary N) is 2. The van der Waals surface area contributed by atoms with Crippen LogP contribution in [-0.2, 0) is 4.79 Å². The zero-order chi connectivity index (χ0) is 14.0. The lowest BCUT2D eigenvalue weighted by Gasteiger charge is -2.26. The summed E-state index contributed by atoms with van der Waals surface area (Å²) in [6, 6.07) is 4.04. The number of ether oxygens (including phenoxy) is 1. The number of halogens is 4. The first kappa shape index (κ1) is 14.1. The zero-order valence-electron chi connectivity index (χ0n) is 9.55. The molecule has 1 aliphatic heterocycles. The molecule has 2 N–H and O–H groups in total. The van der Waals surface area contributed by atoms with Crippen LogP contribution in [0.25, 0.3) is 0 Å². The van der Waals surface area contributed by atoms with E-state index >= 15 is 0 Å². The maximum Gasteiger partial charge on any atom is 0.573 e. The Bertz CT molecular complexity index is 489. The van der Waals surface area contributed by atoms with Gasteiger partial charge in [-0.05, 0) is 18.2 Å². The van der Waals surface area contributed by atoms with Crippen molar-refractivity contribution >= 4 is 27.5 Å². The van der Waals surface area contributed by atoms with Gasteiger partial charge in [-0.3, -0.25) is 4.79 Å². The summed E-state index contributed by atoms with van der Waals surface area (Å²) in [6.07, 6.45) is -4.81. The van der Waals surface area contributed by atoms with E-state index in [0.29, 0.717) is 17.6 Å². The van der Waals surface area contributed by atoms with Crippen molar-refractivity contribution < 1.29 is 22.7 Å². The van der Waals surface area contributed by atoms with Gasteiger partial charge in [0.2, 0.25) is 5.91 Å². The van der Waals surface area contributed by atoms with E-state index in [4.69, 9.17) is 0 Å². The van der Waals surface area contributed by atoms with Crippen LogP contribution in [-0.4, -0.2) is 25.4 Å². The van der Waals surface area contributed by atoms with Crippen molar-refractivity contribution in [1.29, 1.82) is 0 Å². The fourth-order valence-electron chi connectivity index (χ4n) is 1.52. The Morgan fingerprint density at radius 1 is 1.42 bits per heavy atom. The molecule has 0 spiro atoms. The van der Waals surface area contributed by atoms with Crippen LogP contribution in [0.3, 0.4) is 0 Å². The van der Waals surface area contributed by atoms with E-state index in [1.807, 2.05) is 0 Å². The molecule has 19 heavy (non-hydrogen) atoms. The molecule has 0 bridgehead atoms. The molecule has 104 valence electrons. The molecule has 1 aromatic carbocycles. The monoisotopic (exact) mass is 338 g/mol. The number of benzene rings is 1. The Morgan fingerprint density at radius 3 is 2.63 bits per heavy atom. The Morgan fingerprint density at radius 2 is 2.11 bits per heavy atom. The Kier molecular flexibility index (Phi) is 4.00. The molecule has 0 saturated carbocycles. The molecule has 1 amide bonds. The third kappa shape index (κ3) is 3.84. The van der Waals surface area contributed by atoms with Crippen molar-refractivity contribution in [2.45, 2.75) is 6.36 Å². The van der Waals surface area contributed by atoms with Crippen LogP contribution >= 0.6 is 15.9 Å². The summed E-state index contributed by atoms with van der Waals surface area (Å²) in [6.45, 7) is 1.05. The van der Waals surface area contributed by atoms with E-state index in [9.17, 15) is 18.0 Å². The number of anilines is 1. The molecule has 0 aliphatic carbocycles. The van der Waals surface area contributed by atoms with Gasteiger partial charge in [-0.2, -0.15) is 0 Å². The molecule has 0 radical (unpaired) electrons. The molecule has 0 atom stereocenters. The van der Waals surface area contributed by atoms with E-state index in [-0.39, 0.29) is 17.5 Å². The quantitative estimate of drug-likeness (QED) is 0.890. The molecule has 1 aromatic rings. The SMILES string of the molecule is O=C(Nc1ccc(Br)cc1OC(F)(F)F)C1CNC1. The Balaban J connectivity index is 2.16. The predicted molar refractivity (Wildman–Crippen MR) is 65.8 cm³/mol. The van der Waals surface area contributed by atoms with Gasteiger partial charge in [0.05, 0.1) is 11.6 Å². The fraction of sp³-hybridized carbons (Fsp3) is 0.364. The van der Waals surface area contributed by atoms with Crippen LogP contribution in [0, 0.1) is 5.92 Å². The standard InChI is InChI=1S/C11H10BrF3N2O2/c12-7-1-2-8(9(3-7)19-11(13,14)15)17-10(18)6-4-16-5-6/h1-3,6,16H,4-5H2,(H,17,18). The molecular formula is C11H10BrF3N2O2. The summed E-state index contributed by atoms with van der Waals surface area (Å²) in [5.41, 5.74) is -0.00238. The molecule has 0 aromatic heterocycles. The van der Waals surface area contributed by atoms with Crippen molar-refractivity contribution in [1.82, 2.24) is 5.32 Å². The van der Waals surface area contributed by atoms with Gasteiger partial charge in [0.25, 0.3) is 0 Å². The minimum atomic E-state index is -4.81. The number of carbonyl (C=O) groups is 1. The van der Waals surface area contributed by atoms with Crippen molar-refractivity contribution in [3.05, 3.63) is 22.7 Å². The third-order valence-electron chi connectivity index (χ3n) is 2.58. The minimum absolute atomic E-state index is 0.00238. The van der Waals surface area contributed by atoms with E-state index in [1.165, 1.54) is 12.1 Å². The summed E-state index contributed by atoms with van der Waals surface area (Å²) in [4.78, 5) is 11.7. The second-order valence-corrected chi connectivity index (χ2v) is 4.95. The number of carbonyl (C=O) groups excluding carboxylic acids is 1. The van der Waals surface area contributed by atoms with Crippen LogP contribution in [0.5, 0.6) is 5.75 Å². The van der Waals surface area contributed by atoms with Gasteiger partial charge in [-0.15, -0.1) is 13.2 Å². The highest BCUT2D eigenvalue weighted by molar-refractivity contribution is 9.10. The maximum atomic E-state index is 12.3. The fourth-order valence-corrected chi connectivity index (χ4v) is 1.86. The molecule has 1 saturated heterocycles. The second-order valence-electron chi connectivity index (χ2n) is 4.03. The summed E-state index contributed by atoms with van der Waals surface area (Å²) < 4.78 is 41.1. The highest BCUT2D eigenvalue weighted by Gasteiger charge is 2.33. The van der Waals surface area contributed by atoms with Crippen molar-refractivity contribution in [3.63, 3.8) is 0 Å². The zero-order valence-corrected chi connectivity index (χ0v) is 11.1. The van der Waals surface area contributed by atoms with Crippen LogP contribution in [0.1, 0.15) is 0 Å². The lowest BCUT2D eigenvalue weighted by Crippen LogP contribution is -2.48. The summed E-state index contributed by atoms with van der Waals surface area (Å²) >= 11 is 3.05. The van der Waals surface area contributed by atoms with E-state index < -0.39 is 12.1 Å². The van der Waals surface area contributed by atoms with Gasteiger partial charge in [0, 0.05) is 17.6 Å². The molecule has 8 heteroatoms. The van der Waals surface area contributed by atoms with E-state index in [2.05, 4.69) is 31.3 Å². The third-order valence-corrected chi connectivity index (χ3v) is 3.07. The first-order chi connectivity index (χ1) is 8.85. The average Bonchev–Trinajstić information content (AvgIpc) is 2.17. The first-order valence-electron chi connectivity index (χ1n) is 5.42. The van der Waals surface area contributed by atoms with Crippen LogP contribution < -0.4 is 15.4 Å². The van der Waals surface area contributed by atoms with Crippen LogP contribution in [0.2, 0.25) is 0 Å². The minimum Gasteiger partial charge on any atom is -0.404 e. The van der Waals surface area contributed by atoms with E-state index in [1.54, 1.807) is 0 Å². The summed E-state index contributed by atoms with van der Waals surface area (Å²) in [5.74, 6) is -0.988. The smallest absolute Gasteiger partial charge is 0.404 e. The molecule has 2 rings (SSSR count). The molecule has 1 heterocycles. The maximum absolute atomic E-state index is 12.3. The van der Waals surface area contributed by atoms with Crippen LogP contribution in [0.4, 0.5) is 18.9 Å². The van der Waals surface area contributed by atoms with Crippen molar-refractivity contribution in [2.75, 3.05) is 18.4 Å². The largest absolute Gasteiger partial charge is 0.573 e. The molecule has 1 fully saturated rings. The number of hydrogen-bond donors (Lipinski definition) is 2. The van der Waals surface area contributed by atoms with Gasteiger partial charge in [-0.1, -0.05) is 15.9 Å². The predicted octanol–water partition coefficient (Wildman–Crippen LogP) is 2.51. The molecular weight excluding hydrogens is 329 g/mol.